The zero-order valence-corrected chi connectivity index (χ0v) is 9.58. The average Bonchev–Trinajstić information content (AvgIpc) is 2.21. The minimum Gasteiger partial charge on any atom is -0.384 e. The number of carbonyl (C=O) groups is 1. The highest BCUT2D eigenvalue weighted by atomic mass is 16.2. The first-order valence-electron chi connectivity index (χ1n) is 4.98. The van der Waals surface area contributed by atoms with Gasteiger partial charge in [0.2, 0.25) is 5.91 Å². The molecule has 15 heavy (non-hydrogen) atoms. The number of likely N-dealkylation sites (N-methyl/N-ethyl adjacent to an activating group) is 1. The van der Waals surface area contributed by atoms with Gasteiger partial charge in [-0.25, -0.2) is 0 Å². The first kappa shape index (κ1) is 13.7. The lowest BCUT2D eigenvalue weighted by Gasteiger charge is -2.17. The molecule has 0 saturated heterocycles. The molecule has 0 aliphatic heterocycles. The van der Waals surface area contributed by atoms with Crippen molar-refractivity contribution in [3.05, 3.63) is 0 Å². The number of rotatable bonds is 6. The highest BCUT2D eigenvalue weighted by molar-refractivity contribution is 5.89. The van der Waals surface area contributed by atoms with E-state index in [4.69, 9.17) is 11.6 Å². The summed E-state index contributed by atoms with van der Waals surface area (Å²) in [6.07, 6.45) is 0.780. The van der Waals surface area contributed by atoms with E-state index in [9.17, 15) is 4.79 Å². The number of amidine groups is 1. The van der Waals surface area contributed by atoms with E-state index in [1.807, 2.05) is 0 Å². The zero-order chi connectivity index (χ0) is 11.8. The smallest absolute Gasteiger partial charge is 0.237 e. The van der Waals surface area contributed by atoms with Gasteiger partial charge in [0.25, 0.3) is 0 Å². The van der Waals surface area contributed by atoms with Crippen molar-refractivity contribution in [1.82, 2.24) is 10.6 Å². The van der Waals surface area contributed by atoms with Crippen LogP contribution < -0.4 is 22.2 Å². The molecule has 0 aromatic rings. The monoisotopic (exact) mass is 215 g/mol. The van der Waals surface area contributed by atoms with Crippen molar-refractivity contribution >= 4 is 11.7 Å². The molecule has 0 fully saturated rings. The molecule has 0 radical (unpaired) electrons. The van der Waals surface area contributed by atoms with Gasteiger partial charge in [0.15, 0.2) is 0 Å². The van der Waals surface area contributed by atoms with E-state index >= 15 is 0 Å². The second-order valence-electron chi connectivity index (χ2n) is 3.81. The van der Waals surface area contributed by atoms with Gasteiger partial charge >= 0.3 is 0 Å². The third-order valence-electron chi connectivity index (χ3n) is 1.98. The second-order valence-corrected chi connectivity index (χ2v) is 3.81. The molecule has 6 heteroatoms. The molecule has 1 atom stereocenters. The van der Waals surface area contributed by atoms with Crippen molar-refractivity contribution in [2.75, 3.05) is 13.6 Å². The number of nitrogens with one attached hydrogen (secondary N) is 2. The Morgan fingerprint density at radius 1 is 1.47 bits per heavy atom. The Kier molecular flexibility index (Phi) is 6.44. The molecular formula is C9H21N5O. The Hall–Kier alpha value is -1.30. The van der Waals surface area contributed by atoms with Crippen molar-refractivity contribution in [2.45, 2.75) is 26.3 Å². The maximum absolute atomic E-state index is 11.6. The van der Waals surface area contributed by atoms with Crippen LogP contribution in [0, 0.1) is 5.92 Å². The summed E-state index contributed by atoms with van der Waals surface area (Å²) in [5, 5.41) is 8.87. The lowest BCUT2D eigenvalue weighted by Crippen LogP contribution is -2.46. The summed E-state index contributed by atoms with van der Waals surface area (Å²) in [7, 11) is 1.76. The average molecular weight is 215 g/mol. The van der Waals surface area contributed by atoms with Crippen LogP contribution in [0.25, 0.3) is 0 Å². The van der Waals surface area contributed by atoms with E-state index in [0.29, 0.717) is 5.92 Å². The van der Waals surface area contributed by atoms with Crippen molar-refractivity contribution in [3.8, 4) is 0 Å². The molecule has 0 aliphatic carbocycles. The van der Waals surface area contributed by atoms with Crippen LogP contribution in [-0.2, 0) is 4.79 Å². The maximum atomic E-state index is 11.6. The predicted molar refractivity (Wildman–Crippen MR) is 61.1 cm³/mol. The molecule has 0 spiro atoms. The summed E-state index contributed by atoms with van der Waals surface area (Å²) in [6, 6.07) is -0.199. The zero-order valence-electron chi connectivity index (χ0n) is 9.58. The fraction of sp³-hybridized carbons (Fsp3) is 0.778. The van der Waals surface area contributed by atoms with Crippen molar-refractivity contribution in [2.24, 2.45) is 22.6 Å². The Bertz CT molecular complexity index is 227. The number of nitrogens with two attached hydrogens (primary N) is 2. The van der Waals surface area contributed by atoms with E-state index in [2.05, 4.69) is 29.6 Å². The molecule has 0 bridgehead atoms. The van der Waals surface area contributed by atoms with Gasteiger partial charge in [-0.1, -0.05) is 13.8 Å². The van der Waals surface area contributed by atoms with Crippen molar-refractivity contribution in [3.63, 3.8) is 0 Å². The number of hydrogen-bond donors (Lipinski definition) is 4. The van der Waals surface area contributed by atoms with Gasteiger partial charge < -0.3 is 22.2 Å². The van der Waals surface area contributed by atoms with Crippen LogP contribution >= 0.6 is 0 Å². The number of amides is 1. The van der Waals surface area contributed by atoms with Crippen LogP contribution in [0.5, 0.6) is 0 Å². The van der Waals surface area contributed by atoms with Crippen LogP contribution in [0.2, 0.25) is 0 Å². The van der Waals surface area contributed by atoms with E-state index in [1.54, 1.807) is 7.05 Å². The minimum absolute atomic E-state index is 0.0854. The number of hydrazone groups is 1. The highest BCUT2D eigenvalue weighted by Crippen LogP contribution is 2.03. The largest absolute Gasteiger partial charge is 0.384 e. The number of hydrogen-bond acceptors (Lipinski definition) is 4. The van der Waals surface area contributed by atoms with Gasteiger partial charge in [-0.15, -0.1) is 0 Å². The predicted octanol–water partition coefficient (Wildman–Crippen LogP) is -1.03. The highest BCUT2D eigenvalue weighted by Gasteiger charge is 2.17. The summed E-state index contributed by atoms with van der Waals surface area (Å²) in [4.78, 5) is 11.6. The van der Waals surface area contributed by atoms with Crippen molar-refractivity contribution < 1.29 is 4.79 Å². The molecule has 0 heterocycles. The van der Waals surface area contributed by atoms with Gasteiger partial charge in [0.1, 0.15) is 5.84 Å². The molecule has 0 aliphatic rings. The topological polar surface area (TPSA) is 106 Å². The molecule has 6 N–H and O–H groups in total. The molecule has 1 amide bonds. The van der Waals surface area contributed by atoms with Crippen LogP contribution in [-0.4, -0.2) is 31.4 Å². The van der Waals surface area contributed by atoms with Crippen LogP contribution in [0.4, 0.5) is 0 Å². The summed E-state index contributed by atoms with van der Waals surface area (Å²) in [6.45, 7) is 4.31. The van der Waals surface area contributed by atoms with Crippen LogP contribution in [0.3, 0.4) is 0 Å². The van der Waals surface area contributed by atoms with E-state index in [-0.39, 0.29) is 24.3 Å². The van der Waals surface area contributed by atoms with Gasteiger partial charge in [-0.2, -0.15) is 5.10 Å². The Balaban J connectivity index is 4.05. The fourth-order valence-corrected chi connectivity index (χ4v) is 1.17. The first-order valence-corrected chi connectivity index (χ1v) is 4.98. The molecule has 88 valence electrons. The Morgan fingerprint density at radius 2 is 2.07 bits per heavy atom. The molecule has 1 unspecified atom stereocenters. The van der Waals surface area contributed by atoms with E-state index in [0.717, 1.165) is 6.42 Å². The molecule has 0 aromatic carbocycles. The Morgan fingerprint density at radius 3 is 2.47 bits per heavy atom. The van der Waals surface area contributed by atoms with Gasteiger partial charge in [-0.3, -0.25) is 4.79 Å². The molecule has 6 nitrogen and oxygen atoms in total. The number of carbonyl (C=O) groups excluding carboxylic acids is 1. The molecule has 0 saturated carbocycles. The molecular weight excluding hydrogens is 194 g/mol. The van der Waals surface area contributed by atoms with E-state index < -0.39 is 0 Å². The minimum atomic E-state index is -0.199. The summed E-state index contributed by atoms with van der Waals surface area (Å²) in [5.74, 6) is 5.52. The van der Waals surface area contributed by atoms with Gasteiger partial charge in [-0.05, 0) is 19.4 Å². The maximum Gasteiger partial charge on any atom is 0.237 e. The van der Waals surface area contributed by atoms with Crippen LogP contribution in [0.15, 0.2) is 5.10 Å². The third-order valence-corrected chi connectivity index (χ3v) is 1.98. The lowest BCUT2D eigenvalue weighted by atomic mass is 10.0. The Labute approximate surface area is 90.5 Å². The quantitative estimate of drug-likeness (QED) is 0.197. The number of nitrogens with zero attached hydrogens (tertiary/aromatic N) is 1. The van der Waals surface area contributed by atoms with Crippen molar-refractivity contribution in [1.29, 1.82) is 0 Å². The van der Waals surface area contributed by atoms with Crippen LogP contribution in [0.1, 0.15) is 20.3 Å². The lowest BCUT2D eigenvalue weighted by molar-refractivity contribution is -0.123. The molecule has 0 aromatic heterocycles. The summed E-state index contributed by atoms with van der Waals surface area (Å²) < 4.78 is 0. The third kappa shape index (κ3) is 5.90. The standard InChI is InChI=1S/C9H21N5O/c1-6(2)4-7(12-3)9(15)13-5-8(10)14-11/h6-7,12H,4-5,11H2,1-3H3,(H2,10,14)(H,13,15). The first-order chi connectivity index (χ1) is 7.01. The SMILES string of the molecule is CNC(CC(C)C)C(=O)NCC(N)=NN. The summed E-state index contributed by atoms with van der Waals surface area (Å²) in [5.41, 5.74) is 5.35. The summed E-state index contributed by atoms with van der Waals surface area (Å²) >= 11 is 0. The fourth-order valence-electron chi connectivity index (χ4n) is 1.17. The van der Waals surface area contributed by atoms with Gasteiger partial charge in [0, 0.05) is 0 Å². The second kappa shape index (κ2) is 7.05. The van der Waals surface area contributed by atoms with E-state index in [1.165, 1.54) is 0 Å². The van der Waals surface area contributed by atoms with Gasteiger partial charge in [0.05, 0.1) is 12.6 Å². The normalized spacial score (nSPS) is 14.0. The molecule has 0 rings (SSSR count).